The van der Waals surface area contributed by atoms with E-state index in [0.717, 1.165) is 30.6 Å². The molecule has 0 radical (unpaired) electrons. The van der Waals surface area contributed by atoms with E-state index in [-0.39, 0.29) is 10.7 Å². The van der Waals surface area contributed by atoms with Crippen LogP contribution in [0, 0.1) is 5.82 Å². The molecule has 122 valence electrons. The van der Waals surface area contributed by atoms with E-state index in [9.17, 15) is 4.39 Å². The molecule has 0 spiro atoms. The van der Waals surface area contributed by atoms with Crippen LogP contribution in [0.4, 0.5) is 15.9 Å². The fourth-order valence-electron chi connectivity index (χ4n) is 2.93. The Balaban J connectivity index is 1.76. The molecule has 1 aliphatic heterocycles. The highest BCUT2D eigenvalue weighted by atomic mass is 35.5. The van der Waals surface area contributed by atoms with Gasteiger partial charge >= 0.3 is 0 Å². The first-order valence-electron chi connectivity index (χ1n) is 7.75. The second-order valence-corrected chi connectivity index (χ2v) is 6.17. The quantitative estimate of drug-likeness (QED) is 0.760. The molecule has 0 amide bonds. The first-order chi connectivity index (χ1) is 11.7. The van der Waals surface area contributed by atoms with Crippen LogP contribution < -0.4 is 10.6 Å². The van der Waals surface area contributed by atoms with E-state index in [4.69, 9.17) is 11.6 Å². The van der Waals surface area contributed by atoms with E-state index in [1.807, 2.05) is 6.07 Å². The maximum atomic E-state index is 14.2. The van der Waals surface area contributed by atoms with Crippen molar-refractivity contribution in [3.63, 3.8) is 0 Å². The first-order valence-corrected chi connectivity index (χ1v) is 8.12. The fraction of sp³-hybridized carbons (Fsp3) is 0.235. The molecule has 1 aliphatic rings. The van der Waals surface area contributed by atoms with Crippen molar-refractivity contribution in [1.82, 2.24) is 20.3 Å². The Hall–Kier alpha value is -2.31. The molecule has 0 bridgehead atoms. The topological polar surface area (TPSA) is 62.7 Å². The molecule has 24 heavy (non-hydrogen) atoms. The van der Waals surface area contributed by atoms with Crippen molar-refractivity contribution in [3.05, 3.63) is 53.3 Å². The van der Waals surface area contributed by atoms with Gasteiger partial charge in [0.05, 0.1) is 22.4 Å². The number of halogens is 2. The molecule has 0 unspecified atom stereocenters. The van der Waals surface area contributed by atoms with Gasteiger partial charge in [-0.15, -0.1) is 0 Å². The number of hydrogen-bond donors (Lipinski definition) is 2. The Morgan fingerprint density at radius 3 is 3.00 bits per heavy atom. The Morgan fingerprint density at radius 2 is 2.17 bits per heavy atom. The zero-order chi connectivity index (χ0) is 16.5. The van der Waals surface area contributed by atoms with Crippen LogP contribution in [0.5, 0.6) is 0 Å². The minimum absolute atomic E-state index is 0.0674. The number of nitrogens with one attached hydrogen (secondary N) is 2. The molecule has 1 aromatic carbocycles. The average molecular weight is 344 g/mol. The molecule has 1 saturated heterocycles. The number of anilines is 2. The Bertz CT molecular complexity index is 895. The summed E-state index contributed by atoms with van der Waals surface area (Å²) in [5.41, 5.74) is 1.99. The lowest BCUT2D eigenvalue weighted by molar-refractivity contribution is 0.632. The first kappa shape index (κ1) is 15.2. The van der Waals surface area contributed by atoms with Gasteiger partial charge in [0, 0.05) is 23.5 Å². The number of rotatable bonds is 3. The minimum atomic E-state index is -0.500. The van der Waals surface area contributed by atoms with E-state index < -0.39 is 5.82 Å². The molecule has 5 nitrogen and oxygen atoms in total. The lowest BCUT2D eigenvalue weighted by Crippen LogP contribution is -2.09. The molecule has 0 aliphatic carbocycles. The van der Waals surface area contributed by atoms with Gasteiger partial charge in [0.25, 0.3) is 0 Å². The summed E-state index contributed by atoms with van der Waals surface area (Å²) in [6.07, 6.45) is 4.23. The zero-order valence-corrected chi connectivity index (χ0v) is 13.5. The van der Waals surface area contributed by atoms with Gasteiger partial charge in [-0.05, 0) is 31.2 Å². The highest BCUT2D eigenvalue weighted by molar-refractivity contribution is 6.31. The van der Waals surface area contributed by atoms with E-state index in [0.29, 0.717) is 17.3 Å². The highest BCUT2D eigenvalue weighted by Gasteiger charge is 2.19. The molecular weight excluding hydrogens is 329 g/mol. The van der Waals surface area contributed by atoms with Crippen molar-refractivity contribution in [2.75, 3.05) is 18.4 Å². The van der Waals surface area contributed by atoms with Gasteiger partial charge in [0.2, 0.25) is 0 Å². The molecule has 7 heteroatoms. The smallest absolute Gasteiger partial charge is 0.165 e. The van der Waals surface area contributed by atoms with Crippen molar-refractivity contribution < 1.29 is 4.39 Å². The summed E-state index contributed by atoms with van der Waals surface area (Å²) in [4.78, 5) is 13.0. The van der Waals surface area contributed by atoms with Crippen molar-refractivity contribution in [2.24, 2.45) is 0 Å². The van der Waals surface area contributed by atoms with Crippen LogP contribution in [0.3, 0.4) is 0 Å². The summed E-state index contributed by atoms with van der Waals surface area (Å²) >= 11 is 5.84. The highest BCUT2D eigenvalue weighted by Crippen LogP contribution is 2.29. The molecule has 2 N–H and O–H groups in total. The van der Waals surface area contributed by atoms with Crippen LogP contribution in [0.15, 0.2) is 36.8 Å². The van der Waals surface area contributed by atoms with Crippen LogP contribution in [0.1, 0.15) is 18.0 Å². The number of aromatic nitrogens is 3. The Labute approximate surface area is 143 Å². The third-order valence-electron chi connectivity index (χ3n) is 4.23. The largest absolute Gasteiger partial charge is 0.337 e. The van der Waals surface area contributed by atoms with Gasteiger partial charge in [-0.2, -0.15) is 0 Å². The normalized spacial score (nSPS) is 17.3. The number of benzene rings is 1. The minimum Gasteiger partial charge on any atom is -0.337 e. The Morgan fingerprint density at radius 1 is 1.25 bits per heavy atom. The molecule has 2 aromatic heterocycles. The second kappa shape index (κ2) is 6.30. The van der Waals surface area contributed by atoms with Gasteiger partial charge in [-0.25, -0.2) is 14.4 Å². The second-order valence-electron chi connectivity index (χ2n) is 5.76. The van der Waals surface area contributed by atoms with Crippen LogP contribution in [-0.4, -0.2) is 28.0 Å². The summed E-state index contributed by atoms with van der Waals surface area (Å²) in [6, 6.07) is 6.81. The SMILES string of the molecule is Fc1c(Cl)cccc1Nc1ncnc2cnc([C@@H]3CCNC3)cc12. The van der Waals surface area contributed by atoms with Gasteiger partial charge in [0.15, 0.2) is 5.82 Å². The third kappa shape index (κ3) is 2.79. The van der Waals surface area contributed by atoms with E-state index in [1.165, 1.54) is 12.4 Å². The van der Waals surface area contributed by atoms with Gasteiger partial charge < -0.3 is 10.6 Å². The monoisotopic (exact) mass is 343 g/mol. The maximum absolute atomic E-state index is 14.2. The summed E-state index contributed by atoms with van der Waals surface area (Å²) in [7, 11) is 0. The van der Waals surface area contributed by atoms with Crippen LogP contribution in [0.2, 0.25) is 5.02 Å². The number of fused-ring (bicyclic) bond motifs is 1. The number of pyridine rings is 1. The lowest BCUT2D eigenvalue weighted by atomic mass is 10.0. The van der Waals surface area contributed by atoms with Crippen LogP contribution in [0.25, 0.3) is 10.9 Å². The summed E-state index contributed by atoms with van der Waals surface area (Å²) in [5, 5.41) is 7.24. The molecule has 1 fully saturated rings. The molecule has 3 aromatic rings. The van der Waals surface area contributed by atoms with Gasteiger partial charge in [0.1, 0.15) is 12.1 Å². The van der Waals surface area contributed by atoms with Crippen molar-refractivity contribution >= 4 is 34.0 Å². The lowest BCUT2D eigenvalue weighted by Gasteiger charge is -2.12. The summed E-state index contributed by atoms with van der Waals surface area (Å²) < 4.78 is 14.2. The van der Waals surface area contributed by atoms with Gasteiger partial charge in [-0.1, -0.05) is 17.7 Å². The fourth-order valence-corrected chi connectivity index (χ4v) is 3.11. The number of nitrogens with zero attached hydrogens (tertiary/aromatic N) is 3. The molecule has 3 heterocycles. The van der Waals surface area contributed by atoms with Crippen LogP contribution in [-0.2, 0) is 0 Å². The van der Waals surface area contributed by atoms with Crippen LogP contribution >= 0.6 is 11.6 Å². The van der Waals surface area contributed by atoms with Crippen molar-refractivity contribution in [1.29, 1.82) is 0 Å². The maximum Gasteiger partial charge on any atom is 0.165 e. The van der Waals surface area contributed by atoms with Crippen molar-refractivity contribution in [2.45, 2.75) is 12.3 Å². The molecule has 4 rings (SSSR count). The summed E-state index contributed by atoms with van der Waals surface area (Å²) in [6.45, 7) is 1.91. The number of hydrogen-bond acceptors (Lipinski definition) is 5. The molecular formula is C17H15ClFN5. The average Bonchev–Trinajstić information content (AvgIpc) is 3.13. The van der Waals surface area contributed by atoms with Gasteiger partial charge in [-0.3, -0.25) is 4.98 Å². The predicted molar refractivity (Wildman–Crippen MR) is 92.3 cm³/mol. The third-order valence-corrected chi connectivity index (χ3v) is 4.52. The van der Waals surface area contributed by atoms with E-state index >= 15 is 0 Å². The zero-order valence-electron chi connectivity index (χ0n) is 12.8. The standard InChI is InChI=1S/C17H15ClFN5/c18-12-2-1-3-13(16(12)19)24-17-11-6-14(10-4-5-20-7-10)21-8-15(11)22-9-23-17/h1-3,6,8-10,20H,4-5,7H2,(H,22,23,24)/t10-/m1/s1. The van der Waals surface area contributed by atoms with Crippen molar-refractivity contribution in [3.8, 4) is 0 Å². The van der Waals surface area contributed by atoms with E-state index in [1.54, 1.807) is 18.3 Å². The predicted octanol–water partition coefficient (Wildman–Crippen LogP) is 3.64. The van der Waals surface area contributed by atoms with E-state index in [2.05, 4.69) is 25.6 Å². The molecule has 1 atom stereocenters. The Kier molecular flexibility index (Phi) is 4.00. The molecule has 0 saturated carbocycles. The summed E-state index contributed by atoms with van der Waals surface area (Å²) in [5.74, 6) is 0.418.